The van der Waals surface area contributed by atoms with Gasteiger partial charge in [-0.2, -0.15) is 5.26 Å². The van der Waals surface area contributed by atoms with Gasteiger partial charge in [0.05, 0.1) is 0 Å². The summed E-state index contributed by atoms with van der Waals surface area (Å²) in [6.07, 6.45) is 1.47. The third-order valence-electron chi connectivity index (χ3n) is 1.05. The van der Waals surface area contributed by atoms with E-state index in [1.165, 1.54) is 12.3 Å². The van der Waals surface area contributed by atoms with Crippen LogP contribution in [0.5, 0.6) is 0 Å². The number of nitriles is 1. The van der Waals surface area contributed by atoms with E-state index in [1.54, 1.807) is 6.07 Å². The van der Waals surface area contributed by atoms with Crippen LogP contribution in [0.2, 0.25) is 0 Å². The Kier molecular flexibility index (Phi) is 2.03. The molecule has 47 valence electrons. The molecule has 1 aromatic rings. The minimum absolute atomic E-state index is 0.308. The third-order valence-corrected chi connectivity index (χ3v) is 1.05. The molecule has 0 unspecified atom stereocenters. The number of pyridine rings is 1. The van der Waals surface area contributed by atoms with Gasteiger partial charge in [0.1, 0.15) is 11.8 Å². The van der Waals surface area contributed by atoms with Crippen molar-refractivity contribution in [1.82, 2.24) is 4.98 Å². The normalized spacial score (nSPS) is 8.40. The van der Waals surface area contributed by atoms with E-state index in [9.17, 15) is 0 Å². The summed E-state index contributed by atoms with van der Waals surface area (Å²) >= 11 is 0. The number of rotatable bonds is 1. The highest BCUT2D eigenvalue weighted by molar-refractivity contribution is 6.45. The van der Waals surface area contributed by atoms with Crippen LogP contribution in [-0.4, -0.2) is 17.5 Å². The molecule has 0 aliphatic carbocycles. The first-order chi connectivity index (χ1) is 4.86. The zero-order valence-electron chi connectivity index (χ0n) is 5.15. The summed E-state index contributed by atoms with van der Waals surface area (Å²) in [4.78, 5) is 3.71. The van der Waals surface area contributed by atoms with Gasteiger partial charge in [-0.15, -0.1) is 0 Å². The summed E-state index contributed by atoms with van der Waals surface area (Å²) in [6, 6.07) is 4.97. The lowest BCUT2D eigenvalue weighted by Gasteiger charge is -1.90. The lowest BCUT2D eigenvalue weighted by Crippen LogP contribution is -2.13. The largest absolute Gasteiger partial charge is 0.450 e. The van der Waals surface area contributed by atoms with E-state index in [2.05, 4.69) is 4.98 Å². The molecule has 1 aromatic heterocycles. The fraction of sp³-hybridized carbons (Fsp3) is 0. The van der Waals surface area contributed by atoms with Crippen molar-refractivity contribution in [2.75, 3.05) is 0 Å². The van der Waals surface area contributed by atoms with Gasteiger partial charge in [0.2, 0.25) is 0 Å². The highest BCUT2D eigenvalue weighted by Gasteiger charge is 1.94. The summed E-state index contributed by atoms with van der Waals surface area (Å²) in [7, 11) is 0.933. The zero-order valence-corrected chi connectivity index (χ0v) is 5.15. The lowest BCUT2D eigenvalue weighted by molar-refractivity contribution is 0.615. The minimum Gasteiger partial charge on any atom is -0.450 e. The van der Waals surface area contributed by atoms with Crippen LogP contribution >= 0.6 is 0 Å². The van der Waals surface area contributed by atoms with Crippen LogP contribution in [0.25, 0.3) is 0 Å². The van der Waals surface area contributed by atoms with Gasteiger partial charge in [-0.1, -0.05) is 0 Å². The Hall–Kier alpha value is -1.34. The molecule has 0 aromatic carbocycles. The monoisotopic (exact) mass is 131 g/mol. The molecule has 0 spiro atoms. The molecule has 0 fully saturated rings. The first kappa shape index (κ1) is 6.78. The highest BCUT2D eigenvalue weighted by atomic mass is 16.2. The van der Waals surface area contributed by atoms with Crippen LogP contribution in [0, 0.1) is 11.3 Å². The summed E-state index contributed by atoms with van der Waals surface area (Å²) in [5.41, 5.74) is 0.898. The molecule has 0 saturated carbocycles. The van der Waals surface area contributed by atoms with Gasteiger partial charge in [-0.05, 0) is 17.6 Å². The molecular weight excluding hydrogens is 127 g/mol. The molecule has 1 radical (unpaired) electrons. The van der Waals surface area contributed by atoms with Gasteiger partial charge in [0, 0.05) is 6.20 Å². The summed E-state index contributed by atoms with van der Waals surface area (Å²) in [5.74, 6) is 0. The van der Waals surface area contributed by atoms with Gasteiger partial charge in [-0.25, -0.2) is 4.98 Å². The van der Waals surface area contributed by atoms with Gasteiger partial charge in [0.25, 0.3) is 0 Å². The predicted molar refractivity (Wildman–Crippen MR) is 36.6 cm³/mol. The van der Waals surface area contributed by atoms with Crippen molar-refractivity contribution in [3.05, 3.63) is 24.0 Å². The highest BCUT2D eigenvalue weighted by Crippen LogP contribution is 1.85. The van der Waals surface area contributed by atoms with Crippen LogP contribution in [0.4, 0.5) is 0 Å². The van der Waals surface area contributed by atoms with Crippen molar-refractivity contribution in [2.24, 2.45) is 0 Å². The Morgan fingerprint density at radius 2 is 2.50 bits per heavy atom. The molecule has 3 nitrogen and oxygen atoms in total. The maximum atomic E-state index is 8.50. The Labute approximate surface area is 59.2 Å². The minimum atomic E-state index is 0.308. The molecule has 4 heteroatoms. The molecule has 0 aliphatic rings. The van der Waals surface area contributed by atoms with Crippen molar-refractivity contribution >= 4 is 12.9 Å². The molecule has 0 saturated heterocycles. The second-order valence-corrected chi connectivity index (χ2v) is 1.72. The summed E-state index contributed by atoms with van der Waals surface area (Å²) in [5, 5.41) is 16.8. The molecule has 1 rings (SSSR count). The van der Waals surface area contributed by atoms with E-state index >= 15 is 0 Å². The van der Waals surface area contributed by atoms with Crippen LogP contribution in [-0.2, 0) is 0 Å². The number of hydrogen-bond donors (Lipinski definition) is 1. The molecule has 1 N–H and O–H groups in total. The Bertz CT molecular complexity index is 269. The average molecular weight is 131 g/mol. The maximum Gasteiger partial charge on any atom is 0.326 e. The number of nitrogens with zero attached hydrogens (tertiary/aromatic N) is 2. The first-order valence-electron chi connectivity index (χ1n) is 2.70. The standard InChI is InChI=1S/C6H4BN2O/c8-4-6-3-5(7-10)1-2-9-6/h1-3,10H. The number of hydrogen-bond acceptors (Lipinski definition) is 3. The molecule has 0 amide bonds. The quantitative estimate of drug-likeness (QED) is 0.507. The van der Waals surface area contributed by atoms with E-state index < -0.39 is 0 Å². The number of aromatic nitrogens is 1. The van der Waals surface area contributed by atoms with Crippen molar-refractivity contribution in [2.45, 2.75) is 0 Å². The van der Waals surface area contributed by atoms with Crippen molar-refractivity contribution < 1.29 is 5.02 Å². The van der Waals surface area contributed by atoms with Crippen LogP contribution in [0.3, 0.4) is 0 Å². The van der Waals surface area contributed by atoms with Crippen LogP contribution in [0.1, 0.15) is 5.69 Å². The maximum absolute atomic E-state index is 8.50. The van der Waals surface area contributed by atoms with E-state index in [0.29, 0.717) is 11.2 Å². The second-order valence-electron chi connectivity index (χ2n) is 1.72. The smallest absolute Gasteiger partial charge is 0.326 e. The van der Waals surface area contributed by atoms with Crippen molar-refractivity contribution in [1.29, 1.82) is 5.26 Å². The Balaban J connectivity index is 3.01. The molecule has 10 heavy (non-hydrogen) atoms. The zero-order chi connectivity index (χ0) is 7.40. The summed E-state index contributed by atoms with van der Waals surface area (Å²) in [6.45, 7) is 0. The fourth-order valence-electron chi connectivity index (χ4n) is 0.588. The third kappa shape index (κ3) is 1.33. The van der Waals surface area contributed by atoms with Gasteiger partial charge >= 0.3 is 7.48 Å². The van der Waals surface area contributed by atoms with Gasteiger partial charge in [-0.3, -0.25) is 0 Å². The topological polar surface area (TPSA) is 56.9 Å². The lowest BCUT2D eigenvalue weighted by atomic mass is 9.89. The second kappa shape index (κ2) is 2.99. The van der Waals surface area contributed by atoms with Crippen molar-refractivity contribution in [3.8, 4) is 6.07 Å². The molecule has 0 atom stereocenters. The SMILES string of the molecule is N#Cc1cc([B]O)ccn1. The molecule has 0 bridgehead atoms. The van der Waals surface area contributed by atoms with E-state index in [4.69, 9.17) is 10.3 Å². The Morgan fingerprint density at radius 1 is 1.70 bits per heavy atom. The first-order valence-corrected chi connectivity index (χ1v) is 2.70. The van der Waals surface area contributed by atoms with Gasteiger partial charge < -0.3 is 5.02 Å². The predicted octanol–water partition coefficient (Wildman–Crippen LogP) is -0.810. The van der Waals surface area contributed by atoms with Crippen molar-refractivity contribution in [3.63, 3.8) is 0 Å². The molecular formula is C6H4BN2O. The van der Waals surface area contributed by atoms with E-state index in [1.807, 2.05) is 6.07 Å². The van der Waals surface area contributed by atoms with Gasteiger partial charge in [0.15, 0.2) is 0 Å². The Morgan fingerprint density at radius 3 is 3.10 bits per heavy atom. The average Bonchev–Trinajstić information content (AvgIpc) is 2.05. The fourth-order valence-corrected chi connectivity index (χ4v) is 0.588. The summed E-state index contributed by atoms with van der Waals surface area (Å²) < 4.78 is 0. The van der Waals surface area contributed by atoms with Crippen LogP contribution in [0.15, 0.2) is 18.3 Å². The molecule has 1 heterocycles. The van der Waals surface area contributed by atoms with E-state index in [-0.39, 0.29) is 0 Å². The molecule has 0 aliphatic heterocycles. The van der Waals surface area contributed by atoms with Crippen LogP contribution < -0.4 is 5.46 Å². The van der Waals surface area contributed by atoms with E-state index in [0.717, 1.165) is 7.48 Å².